The molecule has 1 aromatic carbocycles. The third-order valence-electron chi connectivity index (χ3n) is 2.40. The van der Waals surface area contributed by atoms with E-state index in [1.165, 1.54) is 0 Å². The maximum absolute atomic E-state index is 9.17. The van der Waals surface area contributed by atoms with Crippen molar-refractivity contribution in [2.24, 2.45) is 0 Å². The SMILES string of the molecule is CCOCC(C)(C#N)Nc1ccccc1C. The second-order valence-electron chi connectivity index (χ2n) is 4.02. The summed E-state index contributed by atoms with van der Waals surface area (Å²) in [5.41, 5.74) is 1.43. The van der Waals surface area contributed by atoms with Gasteiger partial charge in [0.05, 0.1) is 12.7 Å². The summed E-state index contributed by atoms with van der Waals surface area (Å²) in [6.45, 7) is 6.78. The number of aryl methyl sites for hydroxylation is 1. The topological polar surface area (TPSA) is 45.0 Å². The van der Waals surface area contributed by atoms with Crippen LogP contribution in [0.1, 0.15) is 19.4 Å². The Morgan fingerprint density at radius 3 is 2.69 bits per heavy atom. The van der Waals surface area contributed by atoms with Gasteiger partial charge in [0.2, 0.25) is 0 Å². The van der Waals surface area contributed by atoms with Gasteiger partial charge in [0.25, 0.3) is 0 Å². The number of para-hydroxylation sites is 1. The van der Waals surface area contributed by atoms with E-state index in [-0.39, 0.29) is 0 Å². The molecule has 0 amide bonds. The Kier molecular flexibility index (Phi) is 4.33. The minimum absolute atomic E-state index is 0.383. The Hall–Kier alpha value is -1.53. The first-order valence-electron chi connectivity index (χ1n) is 5.44. The van der Waals surface area contributed by atoms with Crippen molar-refractivity contribution in [3.8, 4) is 6.07 Å². The van der Waals surface area contributed by atoms with Crippen LogP contribution >= 0.6 is 0 Å². The number of nitrogens with one attached hydrogen (secondary N) is 1. The van der Waals surface area contributed by atoms with Crippen LogP contribution in [0.25, 0.3) is 0 Å². The molecule has 1 rings (SSSR count). The Morgan fingerprint density at radius 1 is 1.44 bits per heavy atom. The molecule has 1 N–H and O–H groups in total. The fourth-order valence-electron chi connectivity index (χ4n) is 1.41. The number of ether oxygens (including phenoxy) is 1. The van der Waals surface area contributed by atoms with Crippen LogP contribution in [0.2, 0.25) is 0 Å². The molecule has 0 aromatic heterocycles. The summed E-state index contributed by atoms with van der Waals surface area (Å²) >= 11 is 0. The Bertz CT molecular complexity index is 384. The van der Waals surface area contributed by atoms with Gasteiger partial charge < -0.3 is 10.1 Å². The molecule has 0 heterocycles. The van der Waals surface area contributed by atoms with E-state index in [0.29, 0.717) is 13.2 Å². The summed E-state index contributed by atoms with van der Waals surface area (Å²) in [5, 5.41) is 12.4. The van der Waals surface area contributed by atoms with Crippen LogP contribution < -0.4 is 5.32 Å². The Labute approximate surface area is 97.0 Å². The molecular weight excluding hydrogens is 200 g/mol. The van der Waals surface area contributed by atoms with E-state index >= 15 is 0 Å². The average molecular weight is 218 g/mol. The highest BCUT2D eigenvalue weighted by atomic mass is 16.5. The van der Waals surface area contributed by atoms with Crippen LogP contribution in [0, 0.1) is 18.3 Å². The fourth-order valence-corrected chi connectivity index (χ4v) is 1.41. The summed E-state index contributed by atoms with van der Waals surface area (Å²) in [5.74, 6) is 0. The van der Waals surface area contributed by atoms with Gasteiger partial charge in [0, 0.05) is 12.3 Å². The molecule has 0 spiro atoms. The normalized spacial score (nSPS) is 13.9. The lowest BCUT2D eigenvalue weighted by Gasteiger charge is -2.25. The number of hydrogen-bond donors (Lipinski definition) is 1. The first-order chi connectivity index (χ1) is 7.61. The average Bonchev–Trinajstić information content (AvgIpc) is 2.30. The second kappa shape index (κ2) is 5.53. The lowest BCUT2D eigenvalue weighted by molar-refractivity contribution is 0.125. The van der Waals surface area contributed by atoms with Gasteiger partial charge in [0.1, 0.15) is 5.54 Å². The third-order valence-corrected chi connectivity index (χ3v) is 2.40. The third kappa shape index (κ3) is 3.25. The van der Waals surface area contributed by atoms with E-state index < -0.39 is 5.54 Å². The number of rotatable bonds is 5. The minimum Gasteiger partial charge on any atom is -0.378 e. The molecule has 1 atom stereocenters. The smallest absolute Gasteiger partial charge is 0.146 e. The van der Waals surface area contributed by atoms with Crippen molar-refractivity contribution in [2.45, 2.75) is 26.3 Å². The van der Waals surface area contributed by atoms with Crippen molar-refractivity contribution in [3.05, 3.63) is 29.8 Å². The highest BCUT2D eigenvalue weighted by Gasteiger charge is 2.24. The van der Waals surface area contributed by atoms with Crippen molar-refractivity contribution in [1.82, 2.24) is 0 Å². The molecule has 0 aliphatic heterocycles. The van der Waals surface area contributed by atoms with Gasteiger partial charge in [-0.3, -0.25) is 0 Å². The van der Waals surface area contributed by atoms with Crippen molar-refractivity contribution < 1.29 is 4.74 Å². The number of anilines is 1. The van der Waals surface area contributed by atoms with Crippen molar-refractivity contribution in [3.63, 3.8) is 0 Å². The first-order valence-corrected chi connectivity index (χ1v) is 5.44. The van der Waals surface area contributed by atoms with E-state index in [2.05, 4.69) is 11.4 Å². The molecule has 16 heavy (non-hydrogen) atoms. The van der Waals surface area contributed by atoms with Gasteiger partial charge in [-0.25, -0.2) is 0 Å². The van der Waals surface area contributed by atoms with Crippen LogP contribution in [0.4, 0.5) is 5.69 Å². The monoisotopic (exact) mass is 218 g/mol. The number of benzene rings is 1. The molecule has 0 saturated carbocycles. The second-order valence-corrected chi connectivity index (χ2v) is 4.02. The highest BCUT2D eigenvalue weighted by Crippen LogP contribution is 2.19. The lowest BCUT2D eigenvalue weighted by atomic mass is 10.0. The fraction of sp³-hybridized carbons (Fsp3) is 0.462. The molecule has 0 fully saturated rings. The van der Waals surface area contributed by atoms with E-state index in [1.807, 2.05) is 45.0 Å². The minimum atomic E-state index is -0.678. The molecule has 0 aliphatic carbocycles. The highest BCUT2D eigenvalue weighted by molar-refractivity contribution is 5.53. The molecular formula is C13H18N2O. The van der Waals surface area contributed by atoms with E-state index in [1.54, 1.807) is 0 Å². The summed E-state index contributed by atoms with van der Waals surface area (Å²) in [6.07, 6.45) is 0. The predicted octanol–water partition coefficient (Wildman–Crippen LogP) is 2.73. The molecule has 1 unspecified atom stereocenters. The molecule has 0 bridgehead atoms. The van der Waals surface area contributed by atoms with Crippen molar-refractivity contribution in [1.29, 1.82) is 5.26 Å². The first kappa shape index (κ1) is 12.5. The molecule has 86 valence electrons. The molecule has 3 heteroatoms. The molecule has 3 nitrogen and oxygen atoms in total. The van der Waals surface area contributed by atoms with E-state index in [0.717, 1.165) is 11.3 Å². The van der Waals surface area contributed by atoms with Crippen LogP contribution in [-0.2, 0) is 4.74 Å². The van der Waals surface area contributed by atoms with Crippen molar-refractivity contribution >= 4 is 5.69 Å². The zero-order chi connectivity index (χ0) is 12.0. The quantitative estimate of drug-likeness (QED) is 0.826. The predicted molar refractivity (Wildman–Crippen MR) is 65.3 cm³/mol. The number of nitrogens with zero attached hydrogens (tertiary/aromatic N) is 1. The van der Waals surface area contributed by atoms with Crippen LogP contribution in [0.5, 0.6) is 0 Å². The van der Waals surface area contributed by atoms with Gasteiger partial charge in [0.15, 0.2) is 0 Å². The number of hydrogen-bond acceptors (Lipinski definition) is 3. The standard InChI is InChI=1S/C13H18N2O/c1-4-16-10-13(3,9-14)15-12-8-6-5-7-11(12)2/h5-8,15H,4,10H2,1-3H3. The molecule has 0 radical (unpaired) electrons. The number of nitriles is 1. The van der Waals surface area contributed by atoms with Crippen LogP contribution in [0.3, 0.4) is 0 Å². The summed E-state index contributed by atoms with van der Waals surface area (Å²) in [4.78, 5) is 0. The maximum Gasteiger partial charge on any atom is 0.146 e. The zero-order valence-corrected chi connectivity index (χ0v) is 10.1. The molecule has 1 aromatic rings. The largest absolute Gasteiger partial charge is 0.378 e. The van der Waals surface area contributed by atoms with Gasteiger partial charge in [-0.15, -0.1) is 0 Å². The van der Waals surface area contributed by atoms with Crippen LogP contribution in [0.15, 0.2) is 24.3 Å². The van der Waals surface area contributed by atoms with E-state index in [9.17, 15) is 5.26 Å². The zero-order valence-electron chi connectivity index (χ0n) is 10.1. The van der Waals surface area contributed by atoms with E-state index in [4.69, 9.17) is 4.74 Å². The summed E-state index contributed by atoms with van der Waals surface area (Å²) in [6, 6.07) is 10.2. The van der Waals surface area contributed by atoms with Gasteiger partial charge in [-0.05, 0) is 32.4 Å². The molecule has 0 aliphatic rings. The summed E-state index contributed by atoms with van der Waals surface area (Å²) in [7, 11) is 0. The summed E-state index contributed by atoms with van der Waals surface area (Å²) < 4.78 is 5.32. The van der Waals surface area contributed by atoms with Crippen LogP contribution in [-0.4, -0.2) is 18.8 Å². The van der Waals surface area contributed by atoms with Crippen molar-refractivity contribution in [2.75, 3.05) is 18.5 Å². The van der Waals surface area contributed by atoms with Gasteiger partial charge in [-0.1, -0.05) is 18.2 Å². The Balaban J connectivity index is 2.78. The Morgan fingerprint density at radius 2 is 2.12 bits per heavy atom. The lowest BCUT2D eigenvalue weighted by Crippen LogP contribution is -2.38. The van der Waals surface area contributed by atoms with Gasteiger partial charge >= 0.3 is 0 Å². The van der Waals surface area contributed by atoms with Gasteiger partial charge in [-0.2, -0.15) is 5.26 Å². The maximum atomic E-state index is 9.17. The molecule has 0 saturated heterocycles.